The Balaban J connectivity index is 2.05. The summed E-state index contributed by atoms with van der Waals surface area (Å²) in [7, 11) is 0. The number of rotatable bonds is 3. The second-order valence-corrected chi connectivity index (χ2v) is 3.63. The number of aryl methyl sites for hydroxylation is 2. The molecule has 0 radical (unpaired) electrons. The van der Waals surface area contributed by atoms with Crippen LogP contribution in [-0.2, 0) is 12.8 Å². The smallest absolute Gasteiger partial charge is 0.222 e. The minimum absolute atomic E-state index is 0.239. The van der Waals surface area contributed by atoms with Gasteiger partial charge in [-0.25, -0.2) is 4.98 Å². The third-order valence-electron chi connectivity index (χ3n) is 2.33. The highest BCUT2D eigenvalue weighted by atomic mass is 15.0. The molecule has 4 nitrogen and oxygen atoms in total. The summed E-state index contributed by atoms with van der Waals surface area (Å²) in [6, 6.07) is 12.0. The van der Waals surface area contributed by atoms with Gasteiger partial charge in [-0.15, -0.1) is 0 Å². The van der Waals surface area contributed by atoms with Crippen LogP contribution in [-0.4, -0.2) is 9.97 Å². The molecule has 1 aromatic heterocycles. The standard InChI is InChI=1S/C12H14N4/c13-11-8-10(15-12(14)16-11)7-6-9-4-2-1-3-5-9/h1-5,8H,6-7H2,(H4,13,14,15,16). The SMILES string of the molecule is Nc1cc(CCc2ccccc2)nc(N)n1. The van der Waals surface area contributed by atoms with Crippen LogP contribution >= 0.6 is 0 Å². The van der Waals surface area contributed by atoms with Gasteiger partial charge in [0.1, 0.15) is 5.82 Å². The fraction of sp³-hybridized carbons (Fsp3) is 0.167. The zero-order chi connectivity index (χ0) is 11.4. The molecule has 16 heavy (non-hydrogen) atoms. The van der Waals surface area contributed by atoms with Crippen molar-refractivity contribution in [2.45, 2.75) is 12.8 Å². The van der Waals surface area contributed by atoms with Crippen molar-refractivity contribution in [3.05, 3.63) is 47.7 Å². The summed E-state index contributed by atoms with van der Waals surface area (Å²) in [5, 5.41) is 0. The van der Waals surface area contributed by atoms with Crippen molar-refractivity contribution in [1.82, 2.24) is 9.97 Å². The lowest BCUT2D eigenvalue weighted by Crippen LogP contribution is -2.03. The molecule has 0 bridgehead atoms. The molecule has 2 aromatic rings. The molecule has 4 N–H and O–H groups in total. The first-order chi connectivity index (χ1) is 7.74. The van der Waals surface area contributed by atoms with E-state index in [9.17, 15) is 0 Å². The van der Waals surface area contributed by atoms with Crippen LogP contribution in [0.3, 0.4) is 0 Å². The van der Waals surface area contributed by atoms with Crippen molar-refractivity contribution in [1.29, 1.82) is 0 Å². The number of hydrogen-bond acceptors (Lipinski definition) is 4. The van der Waals surface area contributed by atoms with Crippen molar-refractivity contribution in [3.8, 4) is 0 Å². The number of hydrogen-bond donors (Lipinski definition) is 2. The van der Waals surface area contributed by atoms with Gasteiger partial charge in [-0.05, 0) is 18.4 Å². The molecule has 1 heterocycles. The maximum absolute atomic E-state index is 5.60. The molecule has 0 amide bonds. The Kier molecular flexibility index (Phi) is 3.00. The van der Waals surface area contributed by atoms with Gasteiger partial charge in [0.05, 0.1) is 0 Å². The molecule has 0 saturated heterocycles. The lowest BCUT2D eigenvalue weighted by Gasteiger charge is -2.03. The summed E-state index contributed by atoms with van der Waals surface area (Å²) in [4.78, 5) is 7.97. The third-order valence-corrected chi connectivity index (χ3v) is 2.33. The van der Waals surface area contributed by atoms with Gasteiger partial charge in [-0.2, -0.15) is 4.98 Å². The van der Waals surface area contributed by atoms with Crippen LogP contribution in [0.1, 0.15) is 11.3 Å². The van der Waals surface area contributed by atoms with E-state index in [-0.39, 0.29) is 5.95 Å². The summed E-state index contributed by atoms with van der Waals surface area (Å²) >= 11 is 0. The van der Waals surface area contributed by atoms with E-state index in [0.29, 0.717) is 5.82 Å². The van der Waals surface area contributed by atoms with Gasteiger partial charge < -0.3 is 11.5 Å². The minimum atomic E-state index is 0.239. The van der Waals surface area contributed by atoms with Gasteiger partial charge in [0.15, 0.2) is 0 Å². The highest BCUT2D eigenvalue weighted by Crippen LogP contribution is 2.08. The van der Waals surface area contributed by atoms with Crippen LogP contribution in [0.25, 0.3) is 0 Å². The number of nitrogens with zero attached hydrogens (tertiary/aromatic N) is 2. The highest BCUT2D eigenvalue weighted by molar-refractivity contribution is 5.36. The maximum Gasteiger partial charge on any atom is 0.222 e. The Hall–Kier alpha value is -2.10. The first-order valence-electron chi connectivity index (χ1n) is 5.17. The Morgan fingerprint density at radius 2 is 1.69 bits per heavy atom. The molecule has 1 aromatic carbocycles. The van der Waals surface area contributed by atoms with Gasteiger partial charge in [0.2, 0.25) is 5.95 Å². The predicted octanol–water partition coefficient (Wildman–Crippen LogP) is 1.43. The summed E-state index contributed by atoms with van der Waals surface area (Å²) in [6.07, 6.45) is 1.75. The summed E-state index contributed by atoms with van der Waals surface area (Å²) in [5.41, 5.74) is 13.3. The Morgan fingerprint density at radius 3 is 2.38 bits per heavy atom. The van der Waals surface area contributed by atoms with E-state index in [2.05, 4.69) is 22.1 Å². The quantitative estimate of drug-likeness (QED) is 0.810. The fourth-order valence-electron chi connectivity index (χ4n) is 1.58. The van der Waals surface area contributed by atoms with E-state index in [1.165, 1.54) is 5.56 Å². The molecule has 0 unspecified atom stereocenters. The van der Waals surface area contributed by atoms with Gasteiger partial charge in [0.25, 0.3) is 0 Å². The molecule has 0 spiro atoms. The Labute approximate surface area is 94.3 Å². The van der Waals surface area contributed by atoms with Crippen molar-refractivity contribution >= 4 is 11.8 Å². The lowest BCUT2D eigenvalue weighted by atomic mass is 10.1. The van der Waals surface area contributed by atoms with Crippen molar-refractivity contribution in [2.24, 2.45) is 0 Å². The van der Waals surface area contributed by atoms with Crippen molar-refractivity contribution in [3.63, 3.8) is 0 Å². The molecule has 0 fully saturated rings. The average Bonchev–Trinajstić information content (AvgIpc) is 2.27. The number of anilines is 2. The molecule has 0 atom stereocenters. The predicted molar refractivity (Wildman–Crippen MR) is 64.7 cm³/mol. The van der Waals surface area contributed by atoms with Gasteiger partial charge >= 0.3 is 0 Å². The molecular weight excluding hydrogens is 200 g/mol. The number of nitrogens with two attached hydrogens (primary N) is 2. The van der Waals surface area contributed by atoms with E-state index < -0.39 is 0 Å². The number of aromatic nitrogens is 2. The summed E-state index contributed by atoms with van der Waals surface area (Å²) < 4.78 is 0. The van der Waals surface area contributed by atoms with Crippen LogP contribution in [0.2, 0.25) is 0 Å². The first-order valence-corrected chi connectivity index (χ1v) is 5.17. The van der Waals surface area contributed by atoms with Gasteiger partial charge in [-0.3, -0.25) is 0 Å². The van der Waals surface area contributed by atoms with Crippen molar-refractivity contribution < 1.29 is 0 Å². The van der Waals surface area contributed by atoms with Crippen LogP contribution in [0.5, 0.6) is 0 Å². The van der Waals surface area contributed by atoms with E-state index in [1.807, 2.05) is 18.2 Å². The monoisotopic (exact) mass is 214 g/mol. The second-order valence-electron chi connectivity index (χ2n) is 3.63. The summed E-state index contributed by atoms with van der Waals surface area (Å²) in [5.74, 6) is 0.665. The molecular formula is C12H14N4. The van der Waals surface area contributed by atoms with Crippen LogP contribution in [0.4, 0.5) is 11.8 Å². The largest absolute Gasteiger partial charge is 0.384 e. The molecule has 0 aliphatic rings. The number of nitrogen functional groups attached to an aromatic ring is 2. The maximum atomic E-state index is 5.60. The van der Waals surface area contributed by atoms with Gasteiger partial charge in [0, 0.05) is 11.8 Å². The average molecular weight is 214 g/mol. The normalized spacial score (nSPS) is 10.2. The lowest BCUT2D eigenvalue weighted by molar-refractivity contribution is 0.907. The first kappa shape index (κ1) is 10.4. The van der Waals surface area contributed by atoms with Crippen molar-refractivity contribution in [2.75, 3.05) is 11.5 Å². The van der Waals surface area contributed by atoms with E-state index in [0.717, 1.165) is 18.5 Å². The van der Waals surface area contributed by atoms with Crippen LogP contribution in [0, 0.1) is 0 Å². The van der Waals surface area contributed by atoms with E-state index in [1.54, 1.807) is 6.07 Å². The number of benzene rings is 1. The summed E-state index contributed by atoms with van der Waals surface area (Å²) in [6.45, 7) is 0. The highest BCUT2D eigenvalue weighted by Gasteiger charge is 2.00. The molecule has 0 saturated carbocycles. The fourth-order valence-corrected chi connectivity index (χ4v) is 1.58. The minimum Gasteiger partial charge on any atom is -0.384 e. The molecule has 0 aliphatic heterocycles. The molecule has 2 rings (SSSR count). The third kappa shape index (κ3) is 2.70. The zero-order valence-electron chi connectivity index (χ0n) is 8.93. The molecule has 4 heteroatoms. The van der Waals surface area contributed by atoms with E-state index in [4.69, 9.17) is 11.5 Å². The van der Waals surface area contributed by atoms with Crippen LogP contribution < -0.4 is 11.5 Å². The van der Waals surface area contributed by atoms with Gasteiger partial charge in [-0.1, -0.05) is 30.3 Å². The topological polar surface area (TPSA) is 77.8 Å². The Bertz CT molecular complexity index is 447. The molecule has 82 valence electrons. The van der Waals surface area contributed by atoms with E-state index >= 15 is 0 Å². The second kappa shape index (κ2) is 4.61. The van der Waals surface area contributed by atoms with Crippen LogP contribution in [0.15, 0.2) is 36.4 Å². The zero-order valence-corrected chi connectivity index (χ0v) is 8.93. The Morgan fingerprint density at radius 1 is 0.938 bits per heavy atom. The molecule has 0 aliphatic carbocycles.